The van der Waals surface area contributed by atoms with E-state index in [1.807, 2.05) is 60.7 Å². The average molecular weight is 443 g/mol. The summed E-state index contributed by atoms with van der Waals surface area (Å²) in [6, 6.07) is 20.3. The molecule has 0 spiro atoms. The zero-order valence-corrected chi connectivity index (χ0v) is 20.9. The van der Waals surface area contributed by atoms with Crippen LogP contribution in [0.15, 0.2) is 60.7 Å². The predicted molar refractivity (Wildman–Crippen MR) is 131 cm³/mol. The van der Waals surface area contributed by atoms with E-state index < -0.39 is 7.29 Å². The Morgan fingerprint density at radius 3 is 1.77 bits per heavy atom. The second kappa shape index (κ2) is 9.58. The fourth-order valence-corrected chi connectivity index (χ4v) is 8.59. The molecule has 170 valence electrons. The van der Waals surface area contributed by atoms with Gasteiger partial charge < -0.3 is 4.84 Å². The number of piperidine rings is 1. The first-order valence-electron chi connectivity index (χ1n) is 11.5. The minimum Gasteiger partial charge on any atom is -0.301 e. The van der Waals surface area contributed by atoms with Crippen LogP contribution in [0.1, 0.15) is 60.3 Å². The lowest BCUT2D eigenvalue weighted by atomic mass is 9.79. The molecule has 1 aliphatic rings. The molecule has 1 saturated heterocycles. The second-order valence-electron chi connectivity index (χ2n) is 9.93. The van der Waals surface area contributed by atoms with Gasteiger partial charge in [0, 0.05) is 34.3 Å². The van der Waals surface area contributed by atoms with E-state index in [1.165, 1.54) is 0 Å². The van der Waals surface area contributed by atoms with Crippen LogP contribution in [-0.4, -0.2) is 40.5 Å². The predicted octanol–water partition coefficient (Wildman–Crippen LogP) is 5.60. The summed E-state index contributed by atoms with van der Waals surface area (Å²) in [5.41, 5.74) is -0.326. The number of unbranched alkanes of at least 4 members (excludes halogenated alkanes) is 1. The Morgan fingerprint density at radius 1 is 0.935 bits per heavy atom. The van der Waals surface area contributed by atoms with Crippen molar-refractivity contribution in [2.75, 3.05) is 13.7 Å². The van der Waals surface area contributed by atoms with Crippen molar-refractivity contribution in [1.29, 1.82) is 0 Å². The lowest BCUT2D eigenvalue weighted by Gasteiger charge is -2.56. The molecule has 4 nitrogen and oxygen atoms in total. The van der Waals surface area contributed by atoms with E-state index in [9.17, 15) is 0 Å². The van der Waals surface area contributed by atoms with E-state index in [2.05, 4.69) is 44.4 Å². The van der Waals surface area contributed by atoms with Gasteiger partial charge in [0.05, 0.1) is 7.11 Å². The van der Waals surface area contributed by atoms with Crippen LogP contribution in [0.3, 0.4) is 0 Å². The van der Waals surface area contributed by atoms with Gasteiger partial charge in [0.2, 0.25) is 7.29 Å². The van der Waals surface area contributed by atoms with Crippen LogP contribution in [0.25, 0.3) is 0 Å². The molecule has 2 aromatic carbocycles. The van der Waals surface area contributed by atoms with E-state index >= 15 is 4.57 Å². The zero-order valence-electron chi connectivity index (χ0n) is 20.0. The van der Waals surface area contributed by atoms with Crippen molar-refractivity contribution >= 4 is 17.9 Å². The summed E-state index contributed by atoms with van der Waals surface area (Å²) in [6.07, 6.45) is 3.90. The number of nitrogens with zero attached hydrogens (tertiary/aromatic N) is 2. The maximum absolute atomic E-state index is 15.2. The van der Waals surface area contributed by atoms with Gasteiger partial charge in [-0.25, -0.2) is 4.67 Å². The molecule has 31 heavy (non-hydrogen) atoms. The first-order valence-corrected chi connectivity index (χ1v) is 13.2. The largest absolute Gasteiger partial charge is 0.301 e. The molecule has 3 rings (SSSR count). The molecule has 0 N–H and O–H groups in total. The summed E-state index contributed by atoms with van der Waals surface area (Å²) >= 11 is 0. The fraction of sp³-hybridized carbons (Fsp3) is 0.538. The summed E-state index contributed by atoms with van der Waals surface area (Å²) in [7, 11) is -1.24. The van der Waals surface area contributed by atoms with Crippen LogP contribution in [0.4, 0.5) is 0 Å². The van der Waals surface area contributed by atoms with Crippen molar-refractivity contribution in [3.63, 3.8) is 0 Å². The van der Waals surface area contributed by atoms with E-state index in [0.29, 0.717) is 0 Å². The SMILES string of the molecule is CCCCN(C1CC(C)(C)N(OC)C(C)(C)C1)P(=O)(c1ccccc1)c1ccccc1. The monoisotopic (exact) mass is 442 g/mol. The number of benzene rings is 2. The second-order valence-corrected chi connectivity index (χ2v) is 12.6. The smallest absolute Gasteiger partial charge is 0.207 e. The molecular weight excluding hydrogens is 403 g/mol. The summed E-state index contributed by atoms with van der Waals surface area (Å²) in [4.78, 5) is 5.83. The normalized spacial score (nSPS) is 19.6. The van der Waals surface area contributed by atoms with E-state index in [4.69, 9.17) is 4.84 Å². The Kier molecular flexibility index (Phi) is 7.48. The van der Waals surface area contributed by atoms with Crippen molar-refractivity contribution in [1.82, 2.24) is 9.73 Å². The molecule has 0 aromatic heterocycles. The Hall–Kier alpha value is -1.45. The molecule has 0 saturated carbocycles. The van der Waals surface area contributed by atoms with Crippen molar-refractivity contribution in [3.8, 4) is 0 Å². The maximum Gasteiger partial charge on any atom is 0.207 e. The molecule has 0 amide bonds. The molecule has 0 atom stereocenters. The Labute approximate surface area is 189 Å². The summed E-state index contributed by atoms with van der Waals surface area (Å²) < 4.78 is 17.5. The van der Waals surface area contributed by atoms with Crippen LogP contribution in [0, 0.1) is 0 Å². The highest BCUT2D eigenvalue weighted by atomic mass is 31.2. The minimum atomic E-state index is -3.00. The van der Waals surface area contributed by atoms with Crippen LogP contribution >= 0.6 is 7.29 Å². The molecule has 0 aliphatic carbocycles. The summed E-state index contributed by atoms with van der Waals surface area (Å²) in [5.74, 6) is 0. The highest BCUT2D eigenvalue weighted by Gasteiger charge is 2.50. The molecule has 0 unspecified atom stereocenters. The van der Waals surface area contributed by atoms with Gasteiger partial charge >= 0.3 is 0 Å². The minimum absolute atomic E-state index is 0.163. The number of hydroxylamine groups is 2. The molecular formula is C26H39N2O2P. The topological polar surface area (TPSA) is 32.8 Å². The molecule has 2 aromatic rings. The lowest BCUT2D eigenvalue weighted by molar-refractivity contribution is -0.270. The van der Waals surface area contributed by atoms with Crippen LogP contribution in [0.5, 0.6) is 0 Å². The first-order chi connectivity index (χ1) is 14.7. The third-order valence-electron chi connectivity index (χ3n) is 6.49. The highest BCUT2D eigenvalue weighted by molar-refractivity contribution is 7.76. The number of rotatable bonds is 8. The Morgan fingerprint density at radius 2 is 1.39 bits per heavy atom. The van der Waals surface area contributed by atoms with Gasteiger partial charge in [0.15, 0.2) is 0 Å². The third kappa shape index (κ3) is 4.83. The number of hydrogen-bond donors (Lipinski definition) is 0. The molecule has 1 fully saturated rings. The van der Waals surface area contributed by atoms with Crippen LogP contribution in [-0.2, 0) is 9.40 Å². The first kappa shape index (κ1) is 24.2. The van der Waals surface area contributed by atoms with E-state index in [-0.39, 0.29) is 17.1 Å². The summed E-state index contributed by atoms with van der Waals surface area (Å²) in [6.45, 7) is 12.0. The average Bonchev–Trinajstić information content (AvgIpc) is 2.73. The fourth-order valence-electron chi connectivity index (χ4n) is 5.49. The highest BCUT2D eigenvalue weighted by Crippen LogP contribution is 2.53. The molecule has 0 bridgehead atoms. The maximum atomic E-state index is 15.2. The van der Waals surface area contributed by atoms with Crippen molar-refractivity contribution in [3.05, 3.63) is 60.7 Å². The van der Waals surface area contributed by atoms with Gasteiger partial charge in [0.1, 0.15) is 0 Å². The Bertz CT molecular complexity index is 821. The summed E-state index contributed by atoms with van der Waals surface area (Å²) in [5, 5.41) is 3.97. The van der Waals surface area contributed by atoms with Crippen molar-refractivity contribution in [2.24, 2.45) is 0 Å². The number of hydrogen-bond acceptors (Lipinski definition) is 3. The Balaban J connectivity index is 2.14. The molecule has 0 radical (unpaired) electrons. The van der Waals surface area contributed by atoms with Gasteiger partial charge in [-0.15, -0.1) is 0 Å². The van der Waals surface area contributed by atoms with Crippen LogP contribution < -0.4 is 10.6 Å². The van der Waals surface area contributed by atoms with Gasteiger partial charge in [-0.05, 0) is 71.2 Å². The molecule has 1 aliphatic heterocycles. The lowest BCUT2D eigenvalue weighted by Crippen LogP contribution is -2.63. The molecule has 1 heterocycles. The molecule has 5 heteroatoms. The van der Waals surface area contributed by atoms with E-state index in [1.54, 1.807) is 7.11 Å². The van der Waals surface area contributed by atoms with Gasteiger partial charge in [-0.3, -0.25) is 4.57 Å². The van der Waals surface area contributed by atoms with Gasteiger partial charge in [0.25, 0.3) is 0 Å². The third-order valence-corrected chi connectivity index (χ3v) is 9.74. The van der Waals surface area contributed by atoms with Gasteiger partial charge in [-0.2, -0.15) is 5.06 Å². The van der Waals surface area contributed by atoms with Crippen molar-refractivity contribution < 1.29 is 9.40 Å². The quantitative estimate of drug-likeness (QED) is 0.498. The van der Waals surface area contributed by atoms with E-state index in [0.717, 1.165) is 42.8 Å². The zero-order chi connectivity index (χ0) is 22.7. The van der Waals surface area contributed by atoms with Crippen LogP contribution in [0.2, 0.25) is 0 Å². The van der Waals surface area contributed by atoms with Crippen molar-refractivity contribution in [2.45, 2.75) is 77.4 Å². The van der Waals surface area contributed by atoms with Gasteiger partial charge in [-0.1, -0.05) is 49.7 Å². The standard InChI is InChI=1S/C26H39N2O2P/c1-7-8-19-27(22-20-25(2,3)28(30-6)26(4,5)21-22)31(29,23-15-11-9-12-16-23)24-17-13-10-14-18-24/h9-18,22H,7-8,19-21H2,1-6H3.